The molecule has 0 bridgehead atoms. The van der Waals surface area contributed by atoms with Gasteiger partial charge in [-0.2, -0.15) is 15.3 Å². The normalized spacial score (nSPS) is 12.4. The number of hydrogen-bond acceptors (Lipinski definition) is 6. The number of aromatic nitrogens is 4. The summed E-state index contributed by atoms with van der Waals surface area (Å²) in [5, 5.41) is 12.7. The number of rotatable bonds is 6. The van der Waals surface area contributed by atoms with Crippen molar-refractivity contribution in [3.63, 3.8) is 0 Å². The lowest BCUT2D eigenvalue weighted by molar-refractivity contribution is 0.399. The van der Waals surface area contributed by atoms with Gasteiger partial charge in [0.1, 0.15) is 5.69 Å². The second-order valence-electron chi connectivity index (χ2n) is 4.75. The van der Waals surface area contributed by atoms with Crippen LogP contribution >= 0.6 is 0 Å². The molecule has 0 fully saturated rings. The van der Waals surface area contributed by atoms with Crippen molar-refractivity contribution in [1.82, 2.24) is 25.4 Å². The first-order chi connectivity index (χ1) is 10.2. The molecule has 0 saturated carbocycles. The molecule has 0 saturated heterocycles. The van der Waals surface area contributed by atoms with Crippen LogP contribution in [0.2, 0.25) is 0 Å². The van der Waals surface area contributed by atoms with Crippen LogP contribution in [0, 0.1) is 6.92 Å². The lowest BCUT2D eigenvalue weighted by Gasteiger charge is -2.21. The molecule has 7 heteroatoms. The van der Waals surface area contributed by atoms with Crippen molar-refractivity contribution in [2.24, 2.45) is 5.84 Å². The van der Waals surface area contributed by atoms with Gasteiger partial charge in [0.2, 0.25) is 0 Å². The summed E-state index contributed by atoms with van der Waals surface area (Å²) in [6.45, 7) is 6.72. The molecule has 21 heavy (non-hydrogen) atoms. The highest BCUT2D eigenvalue weighted by molar-refractivity contribution is 5.38. The summed E-state index contributed by atoms with van der Waals surface area (Å²) < 4.78 is 7.29. The van der Waals surface area contributed by atoms with Crippen LogP contribution in [0.5, 0.6) is 5.75 Å². The number of ether oxygens (including phenoxy) is 1. The van der Waals surface area contributed by atoms with Crippen LogP contribution in [0.4, 0.5) is 0 Å². The van der Waals surface area contributed by atoms with Gasteiger partial charge in [-0.1, -0.05) is 6.92 Å². The van der Waals surface area contributed by atoms with Crippen LogP contribution in [0.25, 0.3) is 0 Å². The van der Waals surface area contributed by atoms with E-state index in [0.717, 1.165) is 35.6 Å². The molecule has 0 aliphatic carbocycles. The molecule has 114 valence electrons. The van der Waals surface area contributed by atoms with Gasteiger partial charge in [0.25, 0.3) is 0 Å². The van der Waals surface area contributed by atoms with Crippen molar-refractivity contribution in [2.75, 3.05) is 7.11 Å². The molecule has 1 atom stereocenters. The topological polar surface area (TPSA) is 90.9 Å². The third kappa shape index (κ3) is 2.88. The van der Waals surface area contributed by atoms with Crippen molar-refractivity contribution in [2.45, 2.75) is 39.8 Å². The number of nitrogens with two attached hydrogens (primary N) is 1. The predicted molar refractivity (Wildman–Crippen MR) is 79.8 cm³/mol. The molecule has 2 heterocycles. The average molecular weight is 290 g/mol. The highest BCUT2D eigenvalue weighted by Crippen LogP contribution is 2.31. The lowest BCUT2D eigenvalue weighted by Crippen LogP contribution is -2.32. The Morgan fingerprint density at radius 1 is 1.38 bits per heavy atom. The monoisotopic (exact) mass is 290 g/mol. The number of hydrogen-bond donors (Lipinski definition) is 2. The molecule has 2 aromatic rings. The zero-order chi connectivity index (χ0) is 15.4. The van der Waals surface area contributed by atoms with E-state index in [1.54, 1.807) is 13.3 Å². The minimum Gasteiger partial charge on any atom is -0.493 e. The smallest absolute Gasteiger partial charge is 0.161 e. The highest BCUT2D eigenvalue weighted by Gasteiger charge is 2.25. The first kappa shape index (κ1) is 15.4. The van der Waals surface area contributed by atoms with Crippen molar-refractivity contribution in [3.05, 3.63) is 34.9 Å². The summed E-state index contributed by atoms with van der Waals surface area (Å²) in [4.78, 5) is 0. The average Bonchev–Trinajstić information content (AvgIpc) is 2.91. The van der Waals surface area contributed by atoms with Crippen LogP contribution < -0.4 is 16.0 Å². The Hall–Kier alpha value is -1.99. The summed E-state index contributed by atoms with van der Waals surface area (Å²) in [6, 6.07) is 1.76. The summed E-state index contributed by atoms with van der Waals surface area (Å²) in [5.74, 6) is 6.53. The fourth-order valence-corrected chi connectivity index (χ4v) is 2.45. The van der Waals surface area contributed by atoms with E-state index in [0.29, 0.717) is 5.75 Å². The van der Waals surface area contributed by atoms with Gasteiger partial charge in [-0.3, -0.25) is 10.5 Å². The number of hydrazine groups is 1. The highest BCUT2D eigenvalue weighted by atomic mass is 16.5. The van der Waals surface area contributed by atoms with Crippen molar-refractivity contribution < 1.29 is 4.74 Å². The number of nitrogens with zero attached hydrogens (tertiary/aromatic N) is 4. The quantitative estimate of drug-likeness (QED) is 0.612. The third-order valence-electron chi connectivity index (χ3n) is 3.48. The van der Waals surface area contributed by atoms with Crippen molar-refractivity contribution >= 4 is 0 Å². The molecule has 0 amide bonds. The van der Waals surface area contributed by atoms with Gasteiger partial charge >= 0.3 is 0 Å². The molecule has 7 nitrogen and oxygen atoms in total. The zero-order valence-corrected chi connectivity index (χ0v) is 12.9. The molecule has 0 radical (unpaired) electrons. The molecular weight excluding hydrogens is 268 g/mol. The number of nitrogens with one attached hydrogen (secondary N) is 1. The van der Waals surface area contributed by atoms with Crippen LogP contribution in [0.3, 0.4) is 0 Å². The van der Waals surface area contributed by atoms with E-state index >= 15 is 0 Å². The molecule has 0 aliphatic rings. The molecule has 1 unspecified atom stereocenters. The fourth-order valence-electron chi connectivity index (χ4n) is 2.45. The van der Waals surface area contributed by atoms with E-state index in [4.69, 9.17) is 10.6 Å². The summed E-state index contributed by atoms with van der Waals surface area (Å²) >= 11 is 0. The summed E-state index contributed by atoms with van der Waals surface area (Å²) in [6.07, 6.45) is 2.49. The summed E-state index contributed by atoms with van der Waals surface area (Å²) in [7, 11) is 1.63. The maximum atomic E-state index is 5.82. The van der Waals surface area contributed by atoms with Gasteiger partial charge in [-0.25, -0.2) is 5.43 Å². The summed E-state index contributed by atoms with van der Waals surface area (Å²) in [5.41, 5.74) is 6.52. The first-order valence-corrected chi connectivity index (χ1v) is 7.05. The maximum Gasteiger partial charge on any atom is 0.161 e. The second kappa shape index (κ2) is 6.64. The third-order valence-corrected chi connectivity index (χ3v) is 3.48. The number of aryl methyl sites for hydroxylation is 3. The Kier molecular flexibility index (Phi) is 4.87. The molecule has 0 aliphatic heterocycles. The first-order valence-electron chi connectivity index (χ1n) is 7.05. The van der Waals surface area contributed by atoms with Gasteiger partial charge in [-0.15, -0.1) is 0 Å². The van der Waals surface area contributed by atoms with E-state index < -0.39 is 0 Å². The fraction of sp³-hybridized carbons (Fsp3) is 0.500. The van der Waals surface area contributed by atoms with Gasteiger partial charge in [0.15, 0.2) is 5.75 Å². The molecular formula is C14H22N6O. The Morgan fingerprint density at radius 2 is 2.14 bits per heavy atom. The maximum absolute atomic E-state index is 5.82. The Morgan fingerprint density at radius 3 is 2.71 bits per heavy atom. The number of methoxy groups -OCH3 is 1. The van der Waals surface area contributed by atoms with Gasteiger partial charge in [-0.05, 0) is 26.3 Å². The van der Waals surface area contributed by atoms with E-state index in [1.807, 2.05) is 31.5 Å². The molecule has 2 aromatic heterocycles. The van der Waals surface area contributed by atoms with Crippen molar-refractivity contribution in [1.29, 1.82) is 0 Å². The Balaban J connectivity index is 2.59. The van der Waals surface area contributed by atoms with Gasteiger partial charge in [0, 0.05) is 12.1 Å². The molecule has 3 N–H and O–H groups in total. The van der Waals surface area contributed by atoms with E-state index in [9.17, 15) is 0 Å². The molecule has 0 aromatic carbocycles. The van der Waals surface area contributed by atoms with E-state index in [-0.39, 0.29) is 6.04 Å². The lowest BCUT2D eigenvalue weighted by atomic mass is 10.0. The van der Waals surface area contributed by atoms with Gasteiger partial charge in [0.05, 0.1) is 30.7 Å². The Bertz CT molecular complexity index is 588. The van der Waals surface area contributed by atoms with E-state index in [2.05, 4.69) is 20.7 Å². The molecule has 0 spiro atoms. The van der Waals surface area contributed by atoms with Crippen LogP contribution in [0.1, 0.15) is 42.5 Å². The minimum atomic E-state index is -0.244. The standard InChI is InChI=1S/C14H22N6O/c1-5-11-10(7-9(3)18-19-11)13(17-15)14-12(21-4)8-16-20(14)6-2/h7-8,13,17H,5-6,15H2,1-4H3. The van der Waals surface area contributed by atoms with Crippen LogP contribution in [-0.2, 0) is 13.0 Å². The largest absolute Gasteiger partial charge is 0.493 e. The zero-order valence-electron chi connectivity index (χ0n) is 12.9. The van der Waals surface area contributed by atoms with Crippen LogP contribution in [-0.4, -0.2) is 27.1 Å². The minimum absolute atomic E-state index is 0.244. The molecule has 2 rings (SSSR count). The predicted octanol–water partition coefficient (Wildman–Crippen LogP) is 1.13. The SMILES string of the molecule is CCc1nnc(C)cc1C(NN)c1c(OC)cnn1CC. The second-order valence-corrected chi connectivity index (χ2v) is 4.75. The Labute approximate surface area is 124 Å². The van der Waals surface area contributed by atoms with Crippen LogP contribution in [0.15, 0.2) is 12.3 Å². The van der Waals surface area contributed by atoms with Crippen molar-refractivity contribution in [3.8, 4) is 5.75 Å². The van der Waals surface area contributed by atoms with Gasteiger partial charge < -0.3 is 4.74 Å². The van der Waals surface area contributed by atoms with E-state index in [1.165, 1.54) is 0 Å².